The van der Waals surface area contributed by atoms with E-state index < -0.39 is 0 Å². The summed E-state index contributed by atoms with van der Waals surface area (Å²) in [6.07, 6.45) is 9.91. The lowest BCUT2D eigenvalue weighted by Gasteiger charge is -2.18. The number of fused-ring (bicyclic) bond motifs is 2. The Balaban J connectivity index is 1.57. The molecule has 0 amide bonds. The highest BCUT2D eigenvalue weighted by Crippen LogP contribution is 2.36. The van der Waals surface area contributed by atoms with Gasteiger partial charge in [0.25, 0.3) is 0 Å². The van der Waals surface area contributed by atoms with Gasteiger partial charge in [0.2, 0.25) is 0 Å². The minimum absolute atomic E-state index is 0.0996. The zero-order valence-electron chi connectivity index (χ0n) is 22.7. The van der Waals surface area contributed by atoms with Gasteiger partial charge in [-0.05, 0) is 36.7 Å². The van der Waals surface area contributed by atoms with Crippen LogP contribution in [0.2, 0.25) is 0 Å². The van der Waals surface area contributed by atoms with Crippen LogP contribution in [0.25, 0.3) is 56.0 Å². The molecular formula is C29H28FN9O. The molecule has 1 N–H and O–H groups in total. The number of nitrogens with zero attached hydrogens (tertiary/aromatic N) is 8. The van der Waals surface area contributed by atoms with E-state index in [-0.39, 0.29) is 11.5 Å². The Bertz CT molecular complexity index is 2050. The van der Waals surface area contributed by atoms with E-state index >= 15 is 4.39 Å². The Labute approximate surface area is 228 Å². The van der Waals surface area contributed by atoms with E-state index in [0.717, 1.165) is 47.5 Å². The van der Waals surface area contributed by atoms with Crippen molar-refractivity contribution in [3.05, 3.63) is 77.1 Å². The third-order valence-electron chi connectivity index (χ3n) is 7.82. The maximum Gasteiger partial charge on any atom is 0.328 e. The fourth-order valence-corrected chi connectivity index (χ4v) is 5.76. The van der Waals surface area contributed by atoms with Gasteiger partial charge in [0.15, 0.2) is 5.82 Å². The third-order valence-corrected chi connectivity index (χ3v) is 7.82. The molecule has 0 radical (unpaired) electrons. The molecule has 11 heteroatoms. The normalized spacial score (nSPS) is 14.0. The Kier molecular flexibility index (Phi) is 5.39. The average molecular weight is 538 g/mol. The summed E-state index contributed by atoms with van der Waals surface area (Å²) in [5.74, 6) is 0.260. The first-order chi connectivity index (χ1) is 19.3. The molecule has 0 fully saturated rings. The molecule has 4 aromatic heterocycles. The predicted octanol–water partition coefficient (Wildman–Crippen LogP) is 3.53. The second-order valence-electron chi connectivity index (χ2n) is 10.3. The molecule has 202 valence electrons. The van der Waals surface area contributed by atoms with Gasteiger partial charge in [-0.1, -0.05) is 6.08 Å². The summed E-state index contributed by atoms with van der Waals surface area (Å²) in [5, 5.41) is 7.58. The van der Waals surface area contributed by atoms with Crippen LogP contribution in [0.1, 0.15) is 12.0 Å². The largest absolute Gasteiger partial charge is 0.331 e. The zero-order chi connectivity index (χ0) is 27.7. The Hall–Kier alpha value is -4.77. The SMILES string of the molecule is Cn1cc(-c2cc3nc(-c4cncn4C)n(-c4cc(C5=CCNCC5)c5c(c4)n(C)c(=O)n5C)c3cc2F)cn1. The molecule has 0 atom stereocenters. The highest BCUT2D eigenvalue weighted by molar-refractivity contribution is 5.94. The van der Waals surface area contributed by atoms with Crippen molar-refractivity contribution in [2.24, 2.45) is 28.2 Å². The minimum atomic E-state index is -0.368. The average Bonchev–Trinajstić information content (AvgIpc) is 3.72. The fourth-order valence-electron chi connectivity index (χ4n) is 5.76. The number of halogens is 1. The molecule has 0 bridgehead atoms. The highest BCUT2D eigenvalue weighted by Gasteiger charge is 2.23. The lowest BCUT2D eigenvalue weighted by Crippen LogP contribution is -2.21. The summed E-state index contributed by atoms with van der Waals surface area (Å²) in [7, 11) is 7.29. The smallest absolute Gasteiger partial charge is 0.328 e. The second-order valence-corrected chi connectivity index (χ2v) is 10.3. The van der Waals surface area contributed by atoms with Gasteiger partial charge in [-0.25, -0.2) is 19.2 Å². The van der Waals surface area contributed by atoms with Gasteiger partial charge in [-0.15, -0.1) is 0 Å². The Morgan fingerprint density at radius 2 is 1.82 bits per heavy atom. The number of rotatable bonds is 4. The van der Waals surface area contributed by atoms with Crippen LogP contribution in [0.15, 0.2) is 60.1 Å². The van der Waals surface area contributed by atoms with Crippen LogP contribution < -0.4 is 11.0 Å². The van der Waals surface area contributed by atoms with Gasteiger partial charge in [0.05, 0.1) is 46.5 Å². The van der Waals surface area contributed by atoms with Crippen molar-refractivity contribution < 1.29 is 4.39 Å². The molecule has 40 heavy (non-hydrogen) atoms. The number of aryl methyl sites for hydroxylation is 4. The molecule has 0 saturated heterocycles. The van der Waals surface area contributed by atoms with Crippen molar-refractivity contribution in [1.82, 2.24) is 43.3 Å². The van der Waals surface area contributed by atoms with Crippen LogP contribution in [0.3, 0.4) is 0 Å². The van der Waals surface area contributed by atoms with Gasteiger partial charge in [-0.3, -0.25) is 18.4 Å². The fraction of sp³-hybridized carbons (Fsp3) is 0.241. The van der Waals surface area contributed by atoms with Crippen LogP contribution in [0.5, 0.6) is 0 Å². The number of nitrogens with one attached hydrogen (secondary N) is 1. The lowest BCUT2D eigenvalue weighted by molar-refractivity contribution is 0.632. The van der Waals surface area contributed by atoms with E-state index in [4.69, 9.17) is 4.98 Å². The van der Waals surface area contributed by atoms with Gasteiger partial charge in [0, 0.05) is 63.7 Å². The molecule has 0 spiro atoms. The summed E-state index contributed by atoms with van der Waals surface area (Å²) >= 11 is 0. The van der Waals surface area contributed by atoms with Gasteiger partial charge in [0.1, 0.15) is 11.5 Å². The van der Waals surface area contributed by atoms with Crippen LogP contribution in [-0.4, -0.2) is 51.1 Å². The van der Waals surface area contributed by atoms with E-state index in [1.54, 1.807) is 65.9 Å². The van der Waals surface area contributed by atoms with Crippen LogP contribution in [-0.2, 0) is 28.2 Å². The van der Waals surface area contributed by atoms with Crippen molar-refractivity contribution in [3.8, 4) is 28.3 Å². The number of imidazole rings is 3. The zero-order valence-corrected chi connectivity index (χ0v) is 22.7. The highest BCUT2D eigenvalue weighted by atomic mass is 19.1. The van der Waals surface area contributed by atoms with Crippen molar-refractivity contribution in [2.45, 2.75) is 6.42 Å². The van der Waals surface area contributed by atoms with Gasteiger partial charge >= 0.3 is 5.69 Å². The monoisotopic (exact) mass is 537 g/mol. The molecule has 0 unspecified atom stereocenters. The second kappa shape index (κ2) is 8.88. The Morgan fingerprint density at radius 3 is 2.52 bits per heavy atom. The molecule has 1 aliphatic rings. The van der Waals surface area contributed by atoms with Gasteiger partial charge in [-0.2, -0.15) is 5.10 Å². The third kappa shape index (κ3) is 3.58. The van der Waals surface area contributed by atoms with E-state index in [9.17, 15) is 4.79 Å². The number of aromatic nitrogens is 8. The Morgan fingerprint density at radius 1 is 0.975 bits per heavy atom. The summed E-state index contributed by atoms with van der Waals surface area (Å²) in [6.45, 7) is 1.62. The molecule has 0 saturated carbocycles. The first-order valence-corrected chi connectivity index (χ1v) is 13.1. The van der Waals surface area contributed by atoms with Crippen LogP contribution in [0, 0.1) is 5.82 Å². The van der Waals surface area contributed by atoms with Crippen molar-refractivity contribution in [2.75, 3.05) is 13.1 Å². The molecular weight excluding hydrogens is 509 g/mol. The maximum atomic E-state index is 15.7. The van der Waals surface area contributed by atoms with E-state index in [0.29, 0.717) is 28.0 Å². The summed E-state index contributed by atoms with van der Waals surface area (Å²) in [4.78, 5) is 22.4. The lowest BCUT2D eigenvalue weighted by atomic mass is 9.98. The predicted molar refractivity (Wildman–Crippen MR) is 153 cm³/mol. The standard InChI is InChI=1S/C29H28FN9O/c1-35-16-32-14-26(35)28-34-23-11-20(18-13-33-36(2)15-18)22(30)12-24(23)39(28)19-9-21(17-5-7-31-8-6-17)27-25(10-19)37(3)29(40)38(27)4/h5,9-16,31H,6-8H2,1-4H3. The molecule has 1 aliphatic heterocycles. The molecule has 7 rings (SSSR count). The number of hydrogen-bond donors (Lipinski definition) is 1. The summed E-state index contributed by atoms with van der Waals surface area (Å²) in [6, 6.07) is 7.37. The topological polar surface area (TPSA) is 92.4 Å². The number of benzene rings is 2. The van der Waals surface area contributed by atoms with Crippen molar-refractivity contribution in [3.63, 3.8) is 0 Å². The van der Waals surface area contributed by atoms with E-state index in [1.165, 1.54) is 11.6 Å². The minimum Gasteiger partial charge on any atom is -0.331 e. The maximum absolute atomic E-state index is 15.7. The van der Waals surface area contributed by atoms with E-state index in [1.807, 2.05) is 22.2 Å². The summed E-state index contributed by atoms with van der Waals surface area (Å²) < 4.78 is 24.6. The van der Waals surface area contributed by atoms with Crippen LogP contribution >= 0.6 is 0 Å². The molecule has 6 aromatic rings. The first kappa shape index (κ1) is 24.3. The van der Waals surface area contributed by atoms with Crippen molar-refractivity contribution in [1.29, 1.82) is 0 Å². The molecule has 2 aromatic carbocycles. The quantitative estimate of drug-likeness (QED) is 0.372. The molecule has 5 heterocycles. The van der Waals surface area contributed by atoms with E-state index in [2.05, 4.69) is 27.5 Å². The first-order valence-electron chi connectivity index (χ1n) is 13.1. The van der Waals surface area contributed by atoms with Crippen molar-refractivity contribution >= 4 is 27.6 Å². The molecule has 0 aliphatic carbocycles. The van der Waals surface area contributed by atoms with Gasteiger partial charge < -0.3 is 9.88 Å². The summed E-state index contributed by atoms with van der Waals surface area (Å²) in [5.41, 5.74) is 7.67. The van der Waals surface area contributed by atoms with Crippen LogP contribution in [0.4, 0.5) is 4.39 Å². The molecule has 10 nitrogen and oxygen atoms in total. The number of hydrogen-bond acceptors (Lipinski definition) is 5.